The molecule has 0 unspecified atom stereocenters. The van der Waals surface area contributed by atoms with Gasteiger partial charge in [-0.25, -0.2) is 0 Å². The molecule has 1 heterocycles. The summed E-state index contributed by atoms with van der Waals surface area (Å²) in [6.45, 7) is 0. The fourth-order valence-electron chi connectivity index (χ4n) is 2.10. The van der Waals surface area contributed by atoms with Gasteiger partial charge in [-0.15, -0.1) is 0 Å². The van der Waals surface area contributed by atoms with Gasteiger partial charge in [-0.05, 0) is 17.7 Å². The number of nitrogens with one attached hydrogen (secondary N) is 1. The second-order valence-electron chi connectivity index (χ2n) is 4.49. The lowest BCUT2D eigenvalue weighted by atomic mass is 10.1. The lowest BCUT2D eigenvalue weighted by molar-refractivity contribution is 0.454. The molecule has 3 rings (SSSR count). The molecular formula is C16H11BrN2O2. The van der Waals surface area contributed by atoms with Crippen LogP contribution in [0, 0.1) is 0 Å². The number of benzene rings is 2. The van der Waals surface area contributed by atoms with Gasteiger partial charge in [-0.3, -0.25) is 4.79 Å². The van der Waals surface area contributed by atoms with Crippen LogP contribution in [0.3, 0.4) is 0 Å². The van der Waals surface area contributed by atoms with E-state index in [9.17, 15) is 9.90 Å². The third-order valence-electron chi connectivity index (χ3n) is 3.06. The van der Waals surface area contributed by atoms with Crippen molar-refractivity contribution in [2.75, 3.05) is 0 Å². The molecule has 1 aromatic heterocycles. The van der Waals surface area contributed by atoms with E-state index in [-0.39, 0.29) is 17.0 Å². The molecule has 5 heteroatoms. The summed E-state index contributed by atoms with van der Waals surface area (Å²) in [7, 11) is 0. The molecule has 0 saturated carbocycles. The molecule has 104 valence electrons. The Morgan fingerprint density at radius 3 is 2.38 bits per heavy atom. The summed E-state index contributed by atoms with van der Waals surface area (Å²) in [6.07, 6.45) is 0. The van der Waals surface area contributed by atoms with Gasteiger partial charge in [0.05, 0.1) is 0 Å². The van der Waals surface area contributed by atoms with E-state index in [0.717, 1.165) is 10.0 Å². The SMILES string of the molecule is O=c1[nH]c(-c2ccccc2)nc(O)c1-c1cccc(Br)c1. The Labute approximate surface area is 129 Å². The molecule has 0 aliphatic rings. The molecule has 0 spiro atoms. The first kappa shape index (κ1) is 13.6. The van der Waals surface area contributed by atoms with Gasteiger partial charge in [-0.1, -0.05) is 58.4 Å². The molecule has 0 aliphatic heterocycles. The van der Waals surface area contributed by atoms with Crippen LogP contribution in [0.25, 0.3) is 22.5 Å². The van der Waals surface area contributed by atoms with Crippen LogP contribution in [-0.2, 0) is 0 Å². The van der Waals surface area contributed by atoms with Crippen molar-refractivity contribution in [3.05, 3.63) is 69.4 Å². The molecule has 0 amide bonds. The Morgan fingerprint density at radius 2 is 1.71 bits per heavy atom. The van der Waals surface area contributed by atoms with Crippen LogP contribution in [0.2, 0.25) is 0 Å². The van der Waals surface area contributed by atoms with Crippen molar-refractivity contribution in [1.82, 2.24) is 9.97 Å². The predicted molar refractivity (Wildman–Crippen MR) is 85.1 cm³/mol. The number of aromatic nitrogens is 2. The lowest BCUT2D eigenvalue weighted by Crippen LogP contribution is -2.12. The Bertz CT molecular complexity index is 844. The second kappa shape index (κ2) is 5.54. The van der Waals surface area contributed by atoms with Crippen molar-refractivity contribution in [3.63, 3.8) is 0 Å². The molecule has 0 atom stereocenters. The largest absolute Gasteiger partial charge is 0.493 e. The van der Waals surface area contributed by atoms with Gasteiger partial charge < -0.3 is 10.1 Å². The van der Waals surface area contributed by atoms with Crippen molar-refractivity contribution < 1.29 is 5.11 Å². The van der Waals surface area contributed by atoms with Gasteiger partial charge in [0, 0.05) is 10.0 Å². The second-order valence-corrected chi connectivity index (χ2v) is 5.41. The molecule has 4 nitrogen and oxygen atoms in total. The average molecular weight is 343 g/mol. The Hall–Kier alpha value is -2.40. The maximum Gasteiger partial charge on any atom is 0.262 e. The van der Waals surface area contributed by atoms with Gasteiger partial charge in [0.15, 0.2) is 0 Å². The van der Waals surface area contributed by atoms with Crippen molar-refractivity contribution in [3.8, 4) is 28.4 Å². The van der Waals surface area contributed by atoms with Crippen LogP contribution in [0.15, 0.2) is 63.9 Å². The van der Waals surface area contributed by atoms with Gasteiger partial charge >= 0.3 is 0 Å². The van der Waals surface area contributed by atoms with Crippen LogP contribution >= 0.6 is 15.9 Å². The van der Waals surface area contributed by atoms with Crippen LogP contribution in [0.1, 0.15) is 0 Å². The number of H-pyrrole nitrogens is 1. The molecule has 0 saturated heterocycles. The van der Waals surface area contributed by atoms with Crippen molar-refractivity contribution in [2.24, 2.45) is 0 Å². The zero-order valence-electron chi connectivity index (χ0n) is 10.9. The van der Waals surface area contributed by atoms with E-state index in [4.69, 9.17) is 0 Å². The first-order valence-electron chi connectivity index (χ1n) is 6.30. The monoisotopic (exact) mass is 342 g/mol. The molecule has 0 fully saturated rings. The van der Waals surface area contributed by atoms with E-state index >= 15 is 0 Å². The quantitative estimate of drug-likeness (QED) is 0.748. The smallest absolute Gasteiger partial charge is 0.262 e. The van der Waals surface area contributed by atoms with Gasteiger partial charge in [0.25, 0.3) is 5.56 Å². The minimum Gasteiger partial charge on any atom is -0.493 e. The van der Waals surface area contributed by atoms with E-state index in [0.29, 0.717) is 11.4 Å². The molecule has 0 aliphatic carbocycles. The Morgan fingerprint density at radius 1 is 1.00 bits per heavy atom. The van der Waals surface area contributed by atoms with Crippen molar-refractivity contribution in [2.45, 2.75) is 0 Å². The van der Waals surface area contributed by atoms with Crippen molar-refractivity contribution >= 4 is 15.9 Å². The number of hydrogen-bond acceptors (Lipinski definition) is 3. The molecule has 2 N–H and O–H groups in total. The summed E-state index contributed by atoms with van der Waals surface area (Å²) >= 11 is 3.35. The lowest BCUT2D eigenvalue weighted by Gasteiger charge is -2.06. The first-order chi connectivity index (χ1) is 10.1. The van der Waals surface area contributed by atoms with Gasteiger partial charge in [0.2, 0.25) is 5.88 Å². The van der Waals surface area contributed by atoms with E-state index < -0.39 is 0 Å². The summed E-state index contributed by atoms with van der Waals surface area (Å²) in [5, 5.41) is 10.1. The van der Waals surface area contributed by atoms with Crippen molar-refractivity contribution in [1.29, 1.82) is 0 Å². The number of rotatable bonds is 2. The minimum absolute atomic E-state index is 0.163. The standard InChI is InChI=1S/C16H11BrN2O2/c17-12-8-4-7-11(9-12)13-15(20)18-14(19-16(13)21)10-5-2-1-3-6-10/h1-9H,(H2,18,19,20,21). The maximum atomic E-state index is 12.3. The number of aromatic hydroxyl groups is 1. The highest BCUT2D eigenvalue weighted by Gasteiger charge is 2.13. The van der Waals surface area contributed by atoms with Crippen LogP contribution in [0.4, 0.5) is 0 Å². The average Bonchev–Trinajstić information content (AvgIpc) is 2.47. The third-order valence-corrected chi connectivity index (χ3v) is 3.55. The van der Waals surface area contributed by atoms with E-state index in [1.807, 2.05) is 36.4 Å². The number of nitrogens with zero attached hydrogens (tertiary/aromatic N) is 1. The molecule has 2 aromatic carbocycles. The van der Waals surface area contributed by atoms with E-state index in [1.165, 1.54) is 0 Å². The normalized spacial score (nSPS) is 10.5. The summed E-state index contributed by atoms with van der Waals surface area (Å²) in [5.41, 5.74) is 1.14. The minimum atomic E-state index is -0.376. The Kier molecular flexibility index (Phi) is 3.58. The third kappa shape index (κ3) is 2.73. The highest BCUT2D eigenvalue weighted by molar-refractivity contribution is 9.10. The molecule has 3 aromatic rings. The molecule has 21 heavy (non-hydrogen) atoms. The summed E-state index contributed by atoms with van der Waals surface area (Å²) < 4.78 is 0.825. The maximum absolute atomic E-state index is 12.3. The van der Waals surface area contributed by atoms with Gasteiger partial charge in [0.1, 0.15) is 11.4 Å². The molecular weight excluding hydrogens is 332 g/mol. The highest BCUT2D eigenvalue weighted by Crippen LogP contribution is 2.27. The van der Waals surface area contributed by atoms with Crippen LogP contribution < -0.4 is 5.56 Å². The topological polar surface area (TPSA) is 66.0 Å². The summed E-state index contributed by atoms with van der Waals surface area (Å²) in [6, 6.07) is 16.3. The number of halogens is 1. The summed E-state index contributed by atoms with van der Waals surface area (Å²) in [4.78, 5) is 19.1. The molecule has 0 radical (unpaired) electrons. The zero-order chi connectivity index (χ0) is 14.8. The Balaban J connectivity index is 2.16. The van der Waals surface area contributed by atoms with E-state index in [2.05, 4.69) is 25.9 Å². The zero-order valence-corrected chi connectivity index (χ0v) is 12.5. The predicted octanol–water partition coefficient (Wildman–Crippen LogP) is 3.57. The van der Waals surface area contributed by atoms with Gasteiger partial charge in [-0.2, -0.15) is 4.98 Å². The highest BCUT2D eigenvalue weighted by atomic mass is 79.9. The molecule has 0 bridgehead atoms. The number of aromatic amines is 1. The van der Waals surface area contributed by atoms with E-state index in [1.54, 1.807) is 18.2 Å². The van der Waals surface area contributed by atoms with Crippen LogP contribution in [-0.4, -0.2) is 15.1 Å². The fourth-order valence-corrected chi connectivity index (χ4v) is 2.50. The fraction of sp³-hybridized carbons (Fsp3) is 0. The van der Waals surface area contributed by atoms with Crippen LogP contribution in [0.5, 0.6) is 5.88 Å². The number of hydrogen-bond donors (Lipinski definition) is 2. The first-order valence-corrected chi connectivity index (χ1v) is 7.09. The summed E-state index contributed by atoms with van der Waals surface area (Å²) in [5.74, 6) is 0.0625.